The van der Waals surface area contributed by atoms with Crippen molar-refractivity contribution in [2.75, 3.05) is 26.5 Å². The fraction of sp³-hybridized carbons (Fsp3) is 0.435. The van der Waals surface area contributed by atoms with E-state index in [2.05, 4.69) is 19.1 Å². The molecule has 0 aliphatic carbocycles. The number of nitrogens with zero attached hydrogens (tertiary/aromatic N) is 1. The zero-order chi connectivity index (χ0) is 19.9. The highest BCUT2D eigenvalue weighted by atomic mass is 32.2. The summed E-state index contributed by atoms with van der Waals surface area (Å²) in [6.45, 7) is 2.94. The molecule has 4 nitrogen and oxygen atoms in total. The number of hydrogen-bond acceptors (Lipinski definition) is 4. The van der Waals surface area contributed by atoms with Gasteiger partial charge in [-0.3, -0.25) is 4.79 Å². The van der Waals surface area contributed by atoms with Crippen LogP contribution in [0.3, 0.4) is 0 Å². The lowest BCUT2D eigenvalue weighted by Gasteiger charge is -2.26. The van der Waals surface area contributed by atoms with E-state index in [1.807, 2.05) is 35.2 Å². The number of rotatable bonds is 8. The smallest absolute Gasteiger partial charge is 0.255 e. The molecule has 1 heterocycles. The van der Waals surface area contributed by atoms with Crippen LogP contribution in [0.1, 0.15) is 53.0 Å². The second kappa shape index (κ2) is 9.87. The average molecular weight is 400 g/mol. The van der Waals surface area contributed by atoms with E-state index in [1.54, 1.807) is 26.0 Å². The Morgan fingerprint density at radius 1 is 1.11 bits per heavy atom. The van der Waals surface area contributed by atoms with E-state index in [0.717, 1.165) is 29.8 Å². The molecule has 1 saturated heterocycles. The maximum atomic E-state index is 13.2. The van der Waals surface area contributed by atoms with Gasteiger partial charge in [0.05, 0.1) is 14.2 Å². The number of hydrogen-bond donors (Lipinski definition) is 0. The van der Waals surface area contributed by atoms with Crippen LogP contribution >= 0.6 is 11.8 Å². The van der Waals surface area contributed by atoms with E-state index in [1.165, 1.54) is 24.8 Å². The SMILES string of the molecule is CCCCCc1ccc(C(=O)N2CCSC2c2cccc(OC)c2OC)cc1. The van der Waals surface area contributed by atoms with Crippen molar-refractivity contribution < 1.29 is 14.3 Å². The molecule has 0 bridgehead atoms. The summed E-state index contributed by atoms with van der Waals surface area (Å²) >= 11 is 1.76. The van der Waals surface area contributed by atoms with Gasteiger partial charge in [0.25, 0.3) is 5.91 Å². The Kier molecular flexibility index (Phi) is 7.26. The minimum atomic E-state index is -0.0678. The predicted molar refractivity (Wildman–Crippen MR) is 115 cm³/mol. The summed E-state index contributed by atoms with van der Waals surface area (Å²) in [7, 11) is 3.28. The van der Waals surface area contributed by atoms with Gasteiger partial charge in [-0.15, -0.1) is 11.8 Å². The second-order valence-corrected chi connectivity index (χ2v) is 8.15. The Balaban J connectivity index is 1.78. The molecule has 0 radical (unpaired) electrons. The molecule has 1 amide bonds. The largest absolute Gasteiger partial charge is 0.493 e. The number of aryl methyl sites for hydroxylation is 1. The third-order valence-corrected chi connectivity index (χ3v) is 6.36. The Bertz CT molecular complexity index is 791. The first-order chi connectivity index (χ1) is 13.7. The van der Waals surface area contributed by atoms with Crippen LogP contribution in [0.5, 0.6) is 11.5 Å². The van der Waals surface area contributed by atoms with Crippen molar-refractivity contribution in [1.29, 1.82) is 0 Å². The number of carbonyl (C=O) groups is 1. The van der Waals surface area contributed by atoms with Crippen LogP contribution in [0.2, 0.25) is 0 Å². The first kappa shape index (κ1) is 20.6. The molecule has 0 N–H and O–H groups in total. The highest BCUT2D eigenvalue weighted by Gasteiger charge is 2.33. The van der Waals surface area contributed by atoms with Gasteiger partial charge >= 0.3 is 0 Å². The van der Waals surface area contributed by atoms with Gasteiger partial charge in [0.15, 0.2) is 11.5 Å². The quantitative estimate of drug-likeness (QED) is 0.563. The van der Waals surface area contributed by atoms with Gasteiger partial charge < -0.3 is 14.4 Å². The molecular formula is C23H29NO3S. The Hall–Kier alpha value is -2.14. The van der Waals surface area contributed by atoms with Crippen molar-refractivity contribution in [3.05, 3.63) is 59.2 Å². The predicted octanol–water partition coefficient (Wildman–Crippen LogP) is 5.32. The number of para-hydroxylation sites is 1. The van der Waals surface area contributed by atoms with Gasteiger partial charge in [-0.1, -0.05) is 44.0 Å². The van der Waals surface area contributed by atoms with Gasteiger partial charge in [0.2, 0.25) is 0 Å². The molecular weight excluding hydrogens is 370 g/mol. The zero-order valence-electron chi connectivity index (χ0n) is 16.9. The number of ether oxygens (including phenoxy) is 2. The van der Waals surface area contributed by atoms with Crippen LogP contribution in [0.25, 0.3) is 0 Å². The summed E-state index contributed by atoms with van der Waals surface area (Å²) in [6.07, 6.45) is 4.74. The van der Waals surface area contributed by atoms with Gasteiger partial charge in [0.1, 0.15) is 5.37 Å². The van der Waals surface area contributed by atoms with Crippen LogP contribution in [0, 0.1) is 0 Å². The molecule has 1 atom stereocenters. The highest BCUT2D eigenvalue weighted by Crippen LogP contribution is 2.45. The molecule has 1 unspecified atom stereocenters. The van der Waals surface area contributed by atoms with Gasteiger partial charge in [0, 0.05) is 23.4 Å². The van der Waals surface area contributed by atoms with E-state index in [-0.39, 0.29) is 11.3 Å². The van der Waals surface area contributed by atoms with Crippen molar-refractivity contribution in [3.63, 3.8) is 0 Å². The van der Waals surface area contributed by atoms with Gasteiger partial charge in [-0.2, -0.15) is 0 Å². The topological polar surface area (TPSA) is 38.8 Å². The number of carbonyl (C=O) groups excluding carboxylic acids is 1. The summed E-state index contributed by atoms with van der Waals surface area (Å²) in [6, 6.07) is 14.0. The summed E-state index contributed by atoms with van der Waals surface area (Å²) in [5.74, 6) is 2.37. The summed E-state index contributed by atoms with van der Waals surface area (Å²) in [5, 5.41) is -0.0678. The molecule has 0 saturated carbocycles. The van der Waals surface area contributed by atoms with E-state index < -0.39 is 0 Å². The lowest BCUT2D eigenvalue weighted by molar-refractivity contribution is 0.0759. The number of amides is 1. The standard InChI is InChI=1S/C23H29NO3S/c1-4-5-6-8-17-11-13-18(14-12-17)22(25)24-15-16-28-23(24)19-9-7-10-20(26-2)21(19)27-3/h7,9-14,23H,4-6,8,15-16H2,1-3H3. The van der Waals surface area contributed by atoms with Crippen molar-refractivity contribution in [3.8, 4) is 11.5 Å². The molecule has 1 aliphatic heterocycles. The van der Waals surface area contributed by atoms with Crippen LogP contribution in [0.15, 0.2) is 42.5 Å². The van der Waals surface area contributed by atoms with Crippen molar-refractivity contribution in [1.82, 2.24) is 4.90 Å². The van der Waals surface area contributed by atoms with E-state index in [4.69, 9.17) is 9.47 Å². The third-order valence-electron chi connectivity index (χ3n) is 5.12. The Morgan fingerprint density at radius 3 is 2.57 bits per heavy atom. The summed E-state index contributed by atoms with van der Waals surface area (Å²) in [5.41, 5.74) is 3.02. The number of methoxy groups -OCH3 is 2. The Labute approximate surface area is 172 Å². The normalized spacial score (nSPS) is 16.2. The number of benzene rings is 2. The van der Waals surface area contributed by atoms with Crippen LogP contribution in [-0.4, -0.2) is 37.3 Å². The molecule has 2 aromatic carbocycles. The van der Waals surface area contributed by atoms with Crippen LogP contribution < -0.4 is 9.47 Å². The molecule has 0 spiro atoms. The van der Waals surface area contributed by atoms with Crippen molar-refractivity contribution >= 4 is 17.7 Å². The molecule has 5 heteroatoms. The minimum Gasteiger partial charge on any atom is -0.493 e. The molecule has 28 heavy (non-hydrogen) atoms. The number of thioether (sulfide) groups is 1. The first-order valence-corrected chi connectivity index (χ1v) is 11.0. The lowest BCUT2D eigenvalue weighted by atomic mass is 10.0. The lowest BCUT2D eigenvalue weighted by Crippen LogP contribution is -2.30. The maximum absolute atomic E-state index is 13.2. The second-order valence-electron chi connectivity index (χ2n) is 6.96. The average Bonchev–Trinajstić information content (AvgIpc) is 3.23. The van der Waals surface area contributed by atoms with E-state index >= 15 is 0 Å². The van der Waals surface area contributed by atoms with Crippen molar-refractivity contribution in [2.45, 2.75) is 38.0 Å². The summed E-state index contributed by atoms with van der Waals surface area (Å²) < 4.78 is 11.0. The molecule has 1 fully saturated rings. The van der Waals surface area contributed by atoms with E-state index in [0.29, 0.717) is 11.5 Å². The molecule has 3 rings (SSSR count). The van der Waals surface area contributed by atoms with Crippen LogP contribution in [0.4, 0.5) is 0 Å². The monoisotopic (exact) mass is 399 g/mol. The van der Waals surface area contributed by atoms with Gasteiger partial charge in [-0.05, 0) is 36.6 Å². The molecule has 1 aliphatic rings. The van der Waals surface area contributed by atoms with Crippen LogP contribution in [-0.2, 0) is 6.42 Å². The first-order valence-electron chi connectivity index (χ1n) is 9.92. The minimum absolute atomic E-state index is 0.0678. The third kappa shape index (κ3) is 4.46. The van der Waals surface area contributed by atoms with Gasteiger partial charge in [-0.25, -0.2) is 0 Å². The summed E-state index contributed by atoms with van der Waals surface area (Å²) in [4.78, 5) is 15.1. The molecule has 0 aromatic heterocycles. The van der Waals surface area contributed by atoms with E-state index in [9.17, 15) is 4.79 Å². The fourth-order valence-electron chi connectivity index (χ4n) is 3.60. The zero-order valence-corrected chi connectivity index (χ0v) is 17.8. The number of unbranched alkanes of at least 4 members (excludes halogenated alkanes) is 2. The highest BCUT2D eigenvalue weighted by molar-refractivity contribution is 7.99. The Morgan fingerprint density at radius 2 is 1.89 bits per heavy atom. The fourth-order valence-corrected chi connectivity index (χ4v) is 4.87. The maximum Gasteiger partial charge on any atom is 0.255 e. The molecule has 150 valence electrons. The van der Waals surface area contributed by atoms with Crippen molar-refractivity contribution in [2.24, 2.45) is 0 Å². The molecule has 2 aromatic rings.